The van der Waals surface area contributed by atoms with Crippen molar-refractivity contribution in [2.24, 2.45) is 5.73 Å². The van der Waals surface area contributed by atoms with Crippen molar-refractivity contribution in [1.82, 2.24) is 4.90 Å². The Kier molecular flexibility index (Phi) is 4.55. The van der Waals surface area contributed by atoms with Crippen molar-refractivity contribution >= 4 is 11.3 Å². The topological polar surface area (TPSA) is 84.7 Å². The molecule has 1 aromatic rings. The number of anilines is 1. The van der Waals surface area contributed by atoms with Crippen LogP contribution in [0.4, 0.5) is 5.69 Å². The first-order valence-corrected chi connectivity index (χ1v) is 7.96. The van der Waals surface area contributed by atoms with Gasteiger partial charge in [0.2, 0.25) is 0 Å². The number of methoxy groups -OCH3 is 1. The summed E-state index contributed by atoms with van der Waals surface area (Å²) < 4.78 is 5.29. The maximum absolute atomic E-state index is 9.94. The number of nitrogen functional groups attached to an aromatic ring is 1. The van der Waals surface area contributed by atoms with E-state index in [0.717, 1.165) is 24.2 Å². The Bertz CT molecular complexity index is 611. The lowest BCUT2D eigenvalue weighted by Crippen LogP contribution is -2.48. The Morgan fingerprint density at radius 3 is 2.61 bits per heavy atom. The van der Waals surface area contributed by atoms with Gasteiger partial charge in [0.15, 0.2) is 0 Å². The number of ether oxygens (including phenoxy) is 1. The van der Waals surface area contributed by atoms with Gasteiger partial charge >= 0.3 is 0 Å². The van der Waals surface area contributed by atoms with Crippen molar-refractivity contribution < 1.29 is 9.84 Å². The second-order valence-corrected chi connectivity index (χ2v) is 6.59. The van der Waals surface area contributed by atoms with Gasteiger partial charge in [0.25, 0.3) is 0 Å². The molecule has 0 spiro atoms. The van der Waals surface area contributed by atoms with Crippen molar-refractivity contribution in [3.8, 4) is 0 Å². The van der Waals surface area contributed by atoms with E-state index in [9.17, 15) is 5.11 Å². The highest BCUT2D eigenvalue weighted by molar-refractivity contribution is 5.76. The van der Waals surface area contributed by atoms with Gasteiger partial charge in [0, 0.05) is 32.4 Å². The molecule has 3 atom stereocenters. The van der Waals surface area contributed by atoms with Gasteiger partial charge in [-0.1, -0.05) is 30.4 Å². The van der Waals surface area contributed by atoms with Crippen molar-refractivity contribution in [1.29, 1.82) is 0 Å². The van der Waals surface area contributed by atoms with Crippen molar-refractivity contribution in [2.45, 2.75) is 24.2 Å². The Morgan fingerprint density at radius 2 is 2.04 bits per heavy atom. The summed E-state index contributed by atoms with van der Waals surface area (Å²) in [5.41, 5.74) is 14.9. The largest absolute Gasteiger partial charge is 0.399 e. The summed E-state index contributed by atoms with van der Waals surface area (Å²) in [6.07, 6.45) is 6.55. The summed E-state index contributed by atoms with van der Waals surface area (Å²) in [6, 6.07) is 7.86. The Morgan fingerprint density at radius 1 is 1.30 bits per heavy atom. The zero-order valence-electron chi connectivity index (χ0n) is 13.5. The molecule has 3 rings (SSSR count). The van der Waals surface area contributed by atoms with Crippen LogP contribution in [0.3, 0.4) is 0 Å². The van der Waals surface area contributed by atoms with E-state index < -0.39 is 11.6 Å². The predicted octanol–water partition coefficient (Wildman–Crippen LogP) is 1.00. The number of benzene rings is 1. The van der Waals surface area contributed by atoms with E-state index >= 15 is 0 Å². The quantitative estimate of drug-likeness (QED) is 0.722. The molecular weight excluding hydrogens is 290 g/mol. The summed E-state index contributed by atoms with van der Waals surface area (Å²) in [5, 5.41) is 9.94. The standard InChI is InChI=1S/C18H25N3O2/c1-23-17-11-21(10-16(17)22)12-18(20)8-6-14(7-9-18)13-2-4-15(19)5-3-13/h2-8,16-17,22H,9-12,19-20H2,1H3/t16-,17-,18?/m0/s1. The third kappa shape index (κ3) is 3.64. The normalized spacial score (nSPS) is 31.3. The van der Waals surface area contributed by atoms with Crippen LogP contribution in [0.25, 0.3) is 5.57 Å². The lowest BCUT2D eigenvalue weighted by Gasteiger charge is -2.32. The molecule has 5 heteroatoms. The molecule has 124 valence electrons. The average Bonchev–Trinajstić information content (AvgIpc) is 2.88. The van der Waals surface area contributed by atoms with E-state index in [0.29, 0.717) is 13.1 Å². The molecule has 1 heterocycles. The van der Waals surface area contributed by atoms with Crippen LogP contribution in [-0.4, -0.2) is 54.5 Å². The first-order chi connectivity index (χ1) is 11.0. The minimum Gasteiger partial charge on any atom is -0.399 e. The van der Waals surface area contributed by atoms with E-state index in [1.165, 1.54) is 5.57 Å². The van der Waals surface area contributed by atoms with Crippen LogP contribution < -0.4 is 11.5 Å². The van der Waals surface area contributed by atoms with Crippen LogP contribution in [0.15, 0.2) is 42.5 Å². The zero-order valence-corrected chi connectivity index (χ0v) is 13.5. The fourth-order valence-electron chi connectivity index (χ4n) is 3.31. The van der Waals surface area contributed by atoms with E-state index in [4.69, 9.17) is 16.2 Å². The smallest absolute Gasteiger partial charge is 0.0969 e. The van der Waals surface area contributed by atoms with E-state index in [1.807, 2.05) is 24.3 Å². The molecule has 0 bridgehead atoms. The molecule has 1 aromatic carbocycles. The molecule has 5 N–H and O–H groups in total. The molecule has 0 saturated carbocycles. The minimum atomic E-state index is -0.433. The van der Waals surface area contributed by atoms with E-state index in [-0.39, 0.29) is 6.10 Å². The van der Waals surface area contributed by atoms with Crippen LogP contribution in [-0.2, 0) is 4.74 Å². The molecule has 1 aliphatic carbocycles. The number of β-amino-alcohol motifs (C(OH)–C–C–N with tert-alkyl or cyclic N) is 1. The molecule has 1 fully saturated rings. The zero-order chi connectivity index (χ0) is 16.4. The number of hydrogen-bond donors (Lipinski definition) is 3. The second kappa shape index (κ2) is 6.45. The number of likely N-dealkylation sites (tertiary alicyclic amines) is 1. The number of hydrogen-bond acceptors (Lipinski definition) is 5. The Labute approximate surface area is 137 Å². The molecule has 2 aliphatic rings. The highest BCUT2D eigenvalue weighted by atomic mass is 16.5. The molecule has 5 nitrogen and oxygen atoms in total. The van der Waals surface area contributed by atoms with Crippen molar-refractivity contribution in [2.75, 3.05) is 32.5 Å². The van der Waals surface area contributed by atoms with Gasteiger partial charge in [0.1, 0.15) is 0 Å². The Hall–Kier alpha value is -1.66. The maximum Gasteiger partial charge on any atom is 0.0969 e. The minimum absolute atomic E-state index is 0.118. The second-order valence-electron chi connectivity index (χ2n) is 6.59. The first-order valence-electron chi connectivity index (χ1n) is 7.96. The monoisotopic (exact) mass is 315 g/mol. The van der Waals surface area contributed by atoms with Crippen LogP contribution in [0, 0.1) is 0 Å². The van der Waals surface area contributed by atoms with Gasteiger partial charge in [0.05, 0.1) is 17.7 Å². The highest BCUT2D eigenvalue weighted by Gasteiger charge is 2.35. The molecule has 23 heavy (non-hydrogen) atoms. The summed E-state index contributed by atoms with van der Waals surface area (Å²) in [6.45, 7) is 2.05. The van der Waals surface area contributed by atoms with Gasteiger partial charge in [-0.15, -0.1) is 0 Å². The maximum atomic E-state index is 9.94. The van der Waals surface area contributed by atoms with Gasteiger partial charge in [-0.05, 0) is 29.7 Å². The van der Waals surface area contributed by atoms with Gasteiger partial charge in [-0.2, -0.15) is 0 Å². The Balaban J connectivity index is 1.63. The fraction of sp³-hybridized carbons (Fsp3) is 0.444. The number of aliphatic hydroxyl groups excluding tert-OH is 1. The number of rotatable bonds is 4. The predicted molar refractivity (Wildman–Crippen MR) is 92.8 cm³/mol. The average molecular weight is 315 g/mol. The van der Waals surface area contributed by atoms with E-state index in [1.54, 1.807) is 7.11 Å². The lowest BCUT2D eigenvalue weighted by atomic mass is 9.87. The molecule has 1 aliphatic heterocycles. The lowest BCUT2D eigenvalue weighted by molar-refractivity contribution is 0.0214. The van der Waals surface area contributed by atoms with Gasteiger partial charge < -0.3 is 21.3 Å². The SMILES string of the molecule is CO[C@H]1CN(CC2(N)C=CC(c3ccc(N)cc3)=CC2)C[C@@H]1O. The summed E-state index contributed by atoms with van der Waals surface area (Å²) >= 11 is 0. The molecule has 1 saturated heterocycles. The van der Waals surface area contributed by atoms with Crippen molar-refractivity contribution in [3.05, 3.63) is 48.1 Å². The summed E-state index contributed by atoms with van der Waals surface area (Å²) in [7, 11) is 1.64. The molecule has 0 aromatic heterocycles. The molecule has 1 unspecified atom stereocenters. The fourth-order valence-corrected chi connectivity index (χ4v) is 3.31. The van der Waals surface area contributed by atoms with Gasteiger partial charge in [-0.25, -0.2) is 0 Å². The van der Waals surface area contributed by atoms with Crippen LogP contribution in [0.1, 0.15) is 12.0 Å². The van der Waals surface area contributed by atoms with Crippen LogP contribution in [0.5, 0.6) is 0 Å². The van der Waals surface area contributed by atoms with Crippen molar-refractivity contribution in [3.63, 3.8) is 0 Å². The van der Waals surface area contributed by atoms with Crippen LogP contribution in [0.2, 0.25) is 0 Å². The third-order valence-corrected chi connectivity index (χ3v) is 4.67. The summed E-state index contributed by atoms with van der Waals surface area (Å²) in [4.78, 5) is 2.17. The van der Waals surface area contributed by atoms with Gasteiger partial charge in [-0.3, -0.25) is 4.90 Å². The number of aliphatic hydroxyl groups is 1. The van der Waals surface area contributed by atoms with E-state index in [2.05, 4.69) is 23.1 Å². The molecule has 0 amide bonds. The molecular formula is C18H25N3O2. The summed E-state index contributed by atoms with van der Waals surface area (Å²) in [5.74, 6) is 0. The number of allylic oxidation sites excluding steroid dienone is 2. The first kappa shape index (κ1) is 16.2. The molecule has 0 radical (unpaired) electrons. The number of nitrogens with zero attached hydrogens (tertiary/aromatic N) is 1. The number of nitrogens with two attached hydrogens (primary N) is 2. The van der Waals surface area contributed by atoms with Crippen LogP contribution >= 0.6 is 0 Å². The third-order valence-electron chi connectivity index (χ3n) is 4.67. The highest BCUT2D eigenvalue weighted by Crippen LogP contribution is 2.27.